The van der Waals surface area contributed by atoms with Crippen LogP contribution in [0.3, 0.4) is 0 Å². The summed E-state index contributed by atoms with van der Waals surface area (Å²) < 4.78 is 2.96. The molecule has 0 spiro atoms. The molecule has 22 heavy (non-hydrogen) atoms. The summed E-state index contributed by atoms with van der Waals surface area (Å²) in [6, 6.07) is 13.6. The van der Waals surface area contributed by atoms with Crippen molar-refractivity contribution < 1.29 is 4.79 Å². The third-order valence-corrected chi connectivity index (χ3v) is 4.48. The largest absolute Gasteiger partial charge is 0.325 e. The fourth-order valence-corrected chi connectivity index (χ4v) is 2.71. The number of imidazole rings is 1. The molecule has 1 heterocycles. The van der Waals surface area contributed by atoms with Gasteiger partial charge in [0.05, 0.1) is 11.0 Å². The van der Waals surface area contributed by atoms with Gasteiger partial charge in [0, 0.05) is 10.2 Å². The number of rotatable bonds is 3. The Hall–Kier alpha value is -2.14. The lowest BCUT2D eigenvalue weighted by Crippen LogP contribution is -2.19. The van der Waals surface area contributed by atoms with E-state index in [1.807, 2.05) is 60.9 Å². The van der Waals surface area contributed by atoms with Crippen molar-refractivity contribution in [3.63, 3.8) is 0 Å². The molecule has 112 valence electrons. The van der Waals surface area contributed by atoms with E-state index < -0.39 is 0 Å². The van der Waals surface area contributed by atoms with Crippen LogP contribution in [0.4, 0.5) is 5.69 Å². The third-order valence-electron chi connectivity index (χ3n) is 3.59. The minimum absolute atomic E-state index is 0.0621. The molecule has 0 aliphatic rings. The van der Waals surface area contributed by atoms with Crippen LogP contribution in [0.5, 0.6) is 0 Å². The van der Waals surface area contributed by atoms with Crippen LogP contribution in [-0.2, 0) is 11.3 Å². The highest BCUT2D eigenvalue weighted by atomic mass is 79.9. The molecule has 0 atom stereocenters. The lowest BCUT2D eigenvalue weighted by molar-refractivity contribution is -0.116. The van der Waals surface area contributed by atoms with Crippen LogP contribution in [0.15, 0.2) is 46.9 Å². The van der Waals surface area contributed by atoms with Gasteiger partial charge in [-0.1, -0.05) is 28.1 Å². The Bertz CT molecular complexity index is 854. The standard InChI is InChI=1S/C17H16BrN3O/c1-11-9-13(7-8-14(11)18)20-17(22)10-21-12(2)19-15-5-3-4-6-16(15)21/h3-9H,10H2,1-2H3,(H,20,22). The molecule has 5 heteroatoms. The van der Waals surface area contributed by atoms with Crippen molar-refractivity contribution in [2.24, 2.45) is 0 Å². The zero-order chi connectivity index (χ0) is 15.7. The molecular formula is C17H16BrN3O. The number of hydrogen-bond donors (Lipinski definition) is 1. The summed E-state index contributed by atoms with van der Waals surface area (Å²) in [5.41, 5.74) is 3.77. The minimum Gasteiger partial charge on any atom is -0.325 e. The Morgan fingerprint density at radius 1 is 1.23 bits per heavy atom. The van der Waals surface area contributed by atoms with E-state index in [1.54, 1.807) is 0 Å². The Kier molecular flexibility index (Phi) is 3.98. The highest BCUT2D eigenvalue weighted by molar-refractivity contribution is 9.10. The highest BCUT2D eigenvalue weighted by Crippen LogP contribution is 2.20. The van der Waals surface area contributed by atoms with E-state index in [-0.39, 0.29) is 12.5 Å². The van der Waals surface area contributed by atoms with Gasteiger partial charge >= 0.3 is 0 Å². The molecule has 0 aliphatic heterocycles. The minimum atomic E-state index is -0.0621. The topological polar surface area (TPSA) is 46.9 Å². The van der Waals surface area contributed by atoms with Crippen molar-refractivity contribution in [2.45, 2.75) is 20.4 Å². The molecule has 4 nitrogen and oxygen atoms in total. The van der Waals surface area contributed by atoms with Gasteiger partial charge in [0.1, 0.15) is 12.4 Å². The number of hydrogen-bond acceptors (Lipinski definition) is 2. The van der Waals surface area contributed by atoms with Gasteiger partial charge in [-0.05, 0) is 49.7 Å². The molecular weight excluding hydrogens is 342 g/mol. The number of carbonyl (C=O) groups excluding carboxylic acids is 1. The van der Waals surface area contributed by atoms with Gasteiger partial charge in [0.2, 0.25) is 5.91 Å². The number of halogens is 1. The van der Waals surface area contributed by atoms with Crippen LogP contribution in [0.2, 0.25) is 0 Å². The predicted molar refractivity (Wildman–Crippen MR) is 92.0 cm³/mol. The van der Waals surface area contributed by atoms with Crippen molar-refractivity contribution in [2.75, 3.05) is 5.32 Å². The monoisotopic (exact) mass is 357 g/mol. The van der Waals surface area contributed by atoms with Crippen molar-refractivity contribution in [1.29, 1.82) is 0 Å². The second kappa shape index (κ2) is 5.93. The number of amides is 1. The molecule has 1 amide bonds. The van der Waals surface area contributed by atoms with Crippen LogP contribution in [0.1, 0.15) is 11.4 Å². The Morgan fingerprint density at radius 2 is 2.00 bits per heavy atom. The Labute approximate surface area is 137 Å². The van der Waals surface area contributed by atoms with E-state index in [9.17, 15) is 4.79 Å². The molecule has 0 radical (unpaired) electrons. The SMILES string of the molecule is Cc1cc(NC(=O)Cn2c(C)nc3ccccc32)ccc1Br. The van der Waals surface area contributed by atoms with E-state index in [0.717, 1.165) is 32.6 Å². The first kappa shape index (κ1) is 14.8. The summed E-state index contributed by atoms with van der Waals surface area (Å²) in [6.45, 7) is 4.16. The molecule has 0 fully saturated rings. The maximum atomic E-state index is 12.3. The fraction of sp³-hybridized carbons (Fsp3) is 0.176. The lowest BCUT2D eigenvalue weighted by Gasteiger charge is -2.09. The van der Waals surface area contributed by atoms with Crippen molar-refractivity contribution in [3.8, 4) is 0 Å². The summed E-state index contributed by atoms with van der Waals surface area (Å²) in [6.07, 6.45) is 0. The molecule has 0 saturated carbocycles. The molecule has 0 unspecified atom stereocenters. The summed E-state index contributed by atoms with van der Waals surface area (Å²) in [7, 11) is 0. The van der Waals surface area contributed by atoms with Gasteiger partial charge in [0.15, 0.2) is 0 Å². The maximum absolute atomic E-state index is 12.3. The van der Waals surface area contributed by atoms with Gasteiger partial charge in [-0.25, -0.2) is 4.98 Å². The van der Waals surface area contributed by atoms with E-state index >= 15 is 0 Å². The van der Waals surface area contributed by atoms with Gasteiger partial charge < -0.3 is 9.88 Å². The Morgan fingerprint density at radius 3 is 2.77 bits per heavy atom. The molecule has 1 aromatic heterocycles. The second-order valence-corrected chi connectivity index (χ2v) is 6.10. The van der Waals surface area contributed by atoms with Crippen molar-refractivity contribution >= 4 is 38.6 Å². The Balaban J connectivity index is 1.81. The number of carbonyl (C=O) groups is 1. The van der Waals surface area contributed by atoms with E-state index in [1.165, 1.54) is 0 Å². The van der Waals surface area contributed by atoms with E-state index in [0.29, 0.717) is 0 Å². The molecule has 0 saturated heterocycles. The van der Waals surface area contributed by atoms with Crippen LogP contribution < -0.4 is 5.32 Å². The molecule has 3 aromatic rings. The number of nitrogens with one attached hydrogen (secondary N) is 1. The molecule has 2 aromatic carbocycles. The number of para-hydroxylation sites is 2. The smallest absolute Gasteiger partial charge is 0.244 e. The first-order chi connectivity index (χ1) is 10.5. The quantitative estimate of drug-likeness (QED) is 0.768. The molecule has 0 aliphatic carbocycles. The lowest BCUT2D eigenvalue weighted by atomic mass is 10.2. The van der Waals surface area contributed by atoms with E-state index in [4.69, 9.17) is 0 Å². The number of benzene rings is 2. The normalized spacial score (nSPS) is 10.9. The van der Waals surface area contributed by atoms with Gasteiger partial charge in [-0.2, -0.15) is 0 Å². The molecule has 1 N–H and O–H groups in total. The average Bonchev–Trinajstić information content (AvgIpc) is 2.79. The third kappa shape index (κ3) is 2.90. The number of aryl methyl sites for hydroxylation is 2. The highest BCUT2D eigenvalue weighted by Gasteiger charge is 2.11. The first-order valence-corrected chi connectivity index (χ1v) is 7.82. The van der Waals surface area contributed by atoms with Crippen LogP contribution in [-0.4, -0.2) is 15.5 Å². The van der Waals surface area contributed by atoms with Gasteiger partial charge in [0.25, 0.3) is 0 Å². The molecule has 0 bridgehead atoms. The van der Waals surface area contributed by atoms with Crippen LogP contribution in [0.25, 0.3) is 11.0 Å². The summed E-state index contributed by atoms with van der Waals surface area (Å²) in [5, 5.41) is 2.93. The first-order valence-electron chi connectivity index (χ1n) is 7.02. The van der Waals surface area contributed by atoms with Crippen LogP contribution in [0, 0.1) is 13.8 Å². The van der Waals surface area contributed by atoms with Crippen molar-refractivity contribution in [3.05, 3.63) is 58.3 Å². The summed E-state index contributed by atoms with van der Waals surface area (Å²) >= 11 is 3.46. The predicted octanol–water partition coefficient (Wildman–Crippen LogP) is 4.05. The average molecular weight is 358 g/mol. The number of nitrogens with zero attached hydrogens (tertiary/aromatic N) is 2. The zero-order valence-corrected chi connectivity index (χ0v) is 14.0. The van der Waals surface area contributed by atoms with E-state index in [2.05, 4.69) is 26.2 Å². The number of fused-ring (bicyclic) bond motifs is 1. The number of anilines is 1. The molecule has 3 rings (SSSR count). The van der Waals surface area contributed by atoms with Crippen molar-refractivity contribution in [1.82, 2.24) is 9.55 Å². The summed E-state index contributed by atoms with van der Waals surface area (Å²) in [4.78, 5) is 16.8. The maximum Gasteiger partial charge on any atom is 0.244 e. The zero-order valence-electron chi connectivity index (χ0n) is 12.4. The van der Waals surface area contributed by atoms with Gasteiger partial charge in [-0.3, -0.25) is 4.79 Å². The number of aromatic nitrogens is 2. The van der Waals surface area contributed by atoms with Gasteiger partial charge in [-0.15, -0.1) is 0 Å². The van der Waals surface area contributed by atoms with Crippen LogP contribution >= 0.6 is 15.9 Å². The fourth-order valence-electron chi connectivity index (χ4n) is 2.46. The second-order valence-electron chi connectivity index (χ2n) is 5.25. The summed E-state index contributed by atoms with van der Waals surface area (Å²) in [5.74, 6) is 0.774.